The van der Waals surface area contributed by atoms with Crippen molar-refractivity contribution in [3.8, 4) is 0 Å². The molecule has 1 aliphatic rings. The fourth-order valence-electron chi connectivity index (χ4n) is 2.76. The van der Waals surface area contributed by atoms with Gasteiger partial charge in [-0.05, 0) is 55.9 Å². The fraction of sp³-hybridized carbons (Fsp3) is 0.733. The average molecular weight is 251 g/mol. The van der Waals surface area contributed by atoms with Gasteiger partial charge in [0.05, 0.1) is 0 Å². The van der Waals surface area contributed by atoms with Crippen molar-refractivity contribution in [1.82, 2.24) is 5.32 Å². The maximum atomic E-state index is 3.80. The first-order valence-electron chi connectivity index (χ1n) is 6.84. The maximum absolute atomic E-state index is 3.80. The van der Waals surface area contributed by atoms with Gasteiger partial charge in [-0.3, -0.25) is 0 Å². The summed E-state index contributed by atoms with van der Waals surface area (Å²) in [6.45, 7) is 7.12. The molecule has 0 amide bonds. The Labute approximate surface area is 110 Å². The van der Waals surface area contributed by atoms with Crippen molar-refractivity contribution >= 4 is 11.3 Å². The van der Waals surface area contributed by atoms with E-state index in [1.807, 2.05) is 11.3 Å². The van der Waals surface area contributed by atoms with E-state index in [9.17, 15) is 0 Å². The molecule has 0 bridgehead atoms. The van der Waals surface area contributed by atoms with Crippen molar-refractivity contribution in [3.05, 3.63) is 22.4 Å². The van der Waals surface area contributed by atoms with E-state index in [0.29, 0.717) is 11.5 Å². The maximum Gasteiger partial charge on any atom is 0.00896 e. The Kier molecular flexibility index (Phi) is 4.26. The minimum absolute atomic E-state index is 0.579. The van der Waals surface area contributed by atoms with Crippen LogP contribution in [0.4, 0.5) is 0 Å². The van der Waals surface area contributed by atoms with Gasteiger partial charge in [0.15, 0.2) is 0 Å². The summed E-state index contributed by atoms with van der Waals surface area (Å²) in [6.07, 6.45) is 6.62. The molecule has 1 atom stereocenters. The minimum atomic E-state index is 0.579. The SMILES string of the molecule is CC(Cc1cccs1)NC1CCC(C)(C)CC1. The van der Waals surface area contributed by atoms with Gasteiger partial charge in [-0.15, -0.1) is 11.3 Å². The highest BCUT2D eigenvalue weighted by Crippen LogP contribution is 2.35. The number of hydrogen-bond acceptors (Lipinski definition) is 2. The normalized spacial score (nSPS) is 22.5. The van der Waals surface area contributed by atoms with Gasteiger partial charge in [0.2, 0.25) is 0 Å². The van der Waals surface area contributed by atoms with Gasteiger partial charge in [0, 0.05) is 17.0 Å². The highest BCUT2D eigenvalue weighted by atomic mass is 32.1. The van der Waals surface area contributed by atoms with E-state index in [0.717, 1.165) is 6.04 Å². The molecule has 0 radical (unpaired) electrons. The van der Waals surface area contributed by atoms with E-state index < -0.39 is 0 Å². The van der Waals surface area contributed by atoms with Crippen LogP contribution >= 0.6 is 11.3 Å². The van der Waals surface area contributed by atoms with E-state index in [1.165, 1.54) is 37.0 Å². The quantitative estimate of drug-likeness (QED) is 0.844. The third-order valence-corrected chi connectivity index (χ3v) is 4.85. The molecule has 96 valence electrons. The second-order valence-corrected chi connectivity index (χ2v) is 7.32. The van der Waals surface area contributed by atoms with Gasteiger partial charge in [0.25, 0.3) is 0 Å². The van der Waals surface area contributed by atoms with E-state index in [-0.39, 0.29) is 0 Å². The Balaban J connectivity index is 1.74. The van der Waals surface area contributed by atoms with Crippen LogP contribution < -0.4 is 5.32 Å². The predicted molar refractivity (Wildman–Crippen MR) is 76.7 cm³/mol. The molecule has 0 saturated heterocycles. The van der Waals surface area contributed by atoms with Gasteiger partial charge in [-0.2, -0.15) is 0 Å². The van der Waals surface area contributed by atoms with Crippen LogP contribution in [-0.4, -0.2) is 12.1 Å². The Morgan fingerprint density at radius 2 is 2.12 bits per heavy atom. The summed E-state index contributed by atoms with van der Waals surface area (Å²) in [5.41, 5.74) is 0.579. The standard InChI is InChI=1S/C15H25NS/c1-12(11-14-5-4-10-17-14)16-13-6-8-15(2,3)9-7-13/h4-5,10,12-13,16H,6-9,11H2,1-3H3. The van der Waals surface area contributed by atoms with Crippen LogP contribution in [0, 0.1) is 5.41 Å². The molecule has 1 aliphatic carbocycles. The van der Waals surface area contributed by atoms with Crippen molar-refractivity contribution < 1.29 is 0 Å². The highest BCUT2D eigenvalue weighted by molar-refractivity contribution is 7.09. The molecular weight excluding hydrogens is 226 g/mol. The van der Waals surface area contributed by atoms with Gasteiger partial charge in [0.1, 0.15) is 0 Å². The third-order valence-electron chi connectivity index (χ3n) is 3.95. The average Bonchev–Trinajstić information content (AvgIpc) is 2.74. The lowest BCUT2D eigenvalue weighted by Crippen LogP contribution is -2.41. The topological polar surface area (TPSA) is 12.0 Å². The van der Waals surface area contributed by atoms with Crippen molar-refractivity contribution in [3.63, 3.8) is 0 Å². The van der Waals surface area contributed by atoms with Crippen LogP contribution in [0.2, 0.25) is 0 Å². The lowest BCUT2D eigenvalue weighted by molar-refractivity contribution is 0.199. The Hall–Kier alpha value is -0.340. The van der Waals surface area contributed by atoms with E-state index in [1.54, 1.807) is 0 Å². The Bertz CT molecular complexity index is 319. The molecule has 0 spiro atoms. The molecule has 17 heavy (non-hydrogen) atoms. The van der Waals surface area contributed by atoms with Crippen molar-refractivity contribution in [2.24, 2.45) is 5.41 Å². The molecular formula is C15H25NS. The highest BCUT2D eigenvalue weighted by Gasteiger charge is 2.27. The van der Waals surface area contributed by atoms with E-state index in [4.69, 9.17) is 0 Å². The molecule has 0 aliphatic heterocycles. The summed E-state index contributed by atoms with van der Waals surface area (Å²) in [6, 6.07) is 5.75. The first-order valence-corrected chi connectivity index (χ1v) is 7.71. The molecule has 1 aromatic rings. The molecule has 1 aromatic heterocycles. The van der Waals surface area contributed by atoms with Crippen LogP contribution in [0.3, 0.4) is 0 Å². The first kappa shape index (κ1) is 13.1. The zero-order chi connectivity index (χ0) is 12.3. The summed E-state index contributed by atoms with van der Waals surface area (Å²) >= 11 is 1.87. The van der Waals surface area contributed by atoms with E-state index >= 15 is 0 Å². The minimum Gasteiger partial charge on any atom is -0.311 e. The van der Waals surface area contributed by atoms with Gasteiger partial charge < -0.3 is 5.32 Å². The van der Waals surface area contributed by atoms with Gasteiger partial charge >= 0.3 is 0 Å². The van der Waals surface area contributed by atoms with Crippen LogP contribution in [0.5, 0.6) is 0 Å². The second kappa shape index (κ2) is 5.53. The molecule has 0 aromatic carbocycles. The lowest BCUT2D eigenvalue weighted by atomic mass is 9.75. The van der Waals surface area contributed by atoms with Crippen LogP contribution in [-0.2, 0) is 6.42 Å². The molecule has 1 unspecified atom stereocenters. The largest absolute Gasteiger partial charge is 0.311 e. The molecule has 2 rings (SSSR count). The van der Waals surface area contributed by atoms with E-state index in [2.05, 4.69) is 43.6 Å². The third kappa shape index (κ3) is 4.11. The Morgan fingerprint density at radius 1 is 1.41 bits per heavy atom. The number of thiophene rings is 1. The number of nitrogens with one attached hydrogen (secondary N) is 1. The summed E-state index contributed by atoms with van der Waals surface area (Å²) in [4.78, 5) is 1.50. The monoisotopic (exact) mass is 251 g/mol. The lowest BCUT2D eigenvalue weighted by Gasteiger charge is -2.36. The number of rotatable bonds is 4. The fourth-order valence-corrected chi connectivity index (χ4v) is 3.59. The summed E-state index contributed by atoms with van der Waals surface area (Å²) in [5.74, 6) is 0. The summed E-state index contributed by atoms with van der Waals surface area (Å²) in [5, 5.41) is 5.97. The van der Waals surface area contributed by atoms with Crippen molar-refractivity contribution in [1.29, 1.82) is 0 Å². The zero-order valence-corrected chi connectivity index (χ0v) is 12.1. The summed E-state index contributed by atoms with van der Waals surface area (Å²) in [7, 11) is 0. The Morgan fingerprint density at radius 3 is 2.71 bits per heavy atom. The van der Waals surface area contributed by atoms with Crippen molar-refractivity contribution in [2.45, 2.75) is 65.0 Å². The molecule has 1 heterocycles. The van der Waals surface area contributed by atoms with Crippen molar-refractivity contribution in [2.75, 3.05) is 0 Å². The van der Waals surface area contributed by atoms with Crippen LogP contribution in [0.15, 0.2) is 17.5 Å². The molecule has 1 nitrogen and oxygen atoms in total. The molecule has 1 N–H and O–H groups in total. The number of hydrogen-bond donors (Lipinski definition) is 1. The summed E-state index contributed by atoms with van der Waals surface area (Å²) < 4.78 is 0. The zero-order valence-electron chi connectivity index (χ0n) is 11.3. The van der Waals surface area contributed by atoms with Crippen LogP contribution in [0.1, 0.15) is 51.3 Å². The predicted octanol–water partition coefficient (Wildman–Crippen LogP) is 4.24. The van der Waals surface area contributed by atoms with Gasteiger partial charge in [-0.1, -0.05) is 19.9 Å². The molecule has 1 fully saturated rings. The van der Waals surface area contributed by atoms with Gasteiger partial charge in [-0.25, -0.2) is 0 Å². The second-order valence-electron chi connectivity index (χ2n) is 6.29. The van der Waals surface area contributed by atoms with Crippen LogP contribution in [0.25, 0.3) is 0 Å². The smallest absolute Gasteiger partial charge is 0.00896 e. The molecule has 2 heteroatoms. The molecule has 1 saturated carbocycles. The first-order chi connectivity index (χ1) is 8.05.